The highest BCUT2D eigenvalue weighted by Crippen LogP contribution is 2.69. The summed E-state index contributed by atoms with van der Waals surface area (Å²) in [6.07, 6.45) is 3.99. The predicted octanol–water partition coefficient (Wildman–Crippen LogP) is 7.04. The van der Waals surface area contributed by atoms with E-state index < -0.39 is 17.8 Å². The van der Waals surface area contributed by atoms with Crippen molar-refractivity contribution in [1.82, 2.24) is 19.3 Å². The monoisotopic (exact) mass is 559 g/mol. The van der Waals surface area contributed by atoms with E-state index in [1.54, 1.807) is 18.6 Å². The topological polar surface area (TPSA) is 62.5 Å². The highest BCUT2D eigenvalue weighted by Gasteiger charge is 2.67. The third kappa shape index (κ3) is 3.95. The Balaban J connectivity index is 1.20. The first-order valence-electron chi connectivity index (χ1n) is 14.2. The molecule has 3 fully saturated rings. The molecule has 2 aromatic heterocycles. The maximum Gasteiger partial charge on any atom is 0.416 e. The van der Waals surface area contributed by atoms with Gasteiger partial charge in [0, 0.05) is 18.5 Å². The van der Waals surface area contributed by atoms with Gasteiger partial charge in [-0.1, -0.05) is 31.2 Å². The van der Waals surface area contributed by atoms with E-state index in [0.717, 1.165) is 47.7 Å². The Hall–Kier alpha value is -3.88. The molecule has 2 atom stereocenters. The highest BCUT2D eigenvalue weighted by atomic mass is 19.4. The quantitative estimate of drug-likeness (QED) is 0.285. The second-order valence-corrected chi connectivity index (χ2v) is 12.0. The summed E-state index contributed by atoms with van der Waals surface area (Å²) >= 11 is 0. The van der Waals surface area contributed by atoms with Crippen molar-refractivity contribution in [3.8, 4) is 0 Å². The van der Waals surface area contributed by atoms with Crippen LogP contribution in [-0.2, 0) is 11.0 Å². The third-order valence-corrected chi connectivity index (χ3v) is 9.98. The largest absolute Gasteiger partial charge is 0.416 e. The lowest BCUT2D eigenvalue weighted by Gasteiger charge is -2.67. The van der Waals surface area contributed by atoms with Crippen molar-refractivity contribution in [2.24, 2.45) is 17.3 Å². The van der Waals surface area contributed by atoms with Crippen molar-refractivity contribution in [3.63, 3.8) is 0 Å². The molecule has 0 spiro atoms. The number of carbonyl (C=O) groups excluding carboxylic acids is 1. The molecule has 4 aromatic rings. The van der Waals surface area contributed by atoms with Crippen LogP contribution in [0.1, 0.15) is 61.4 Å². The van der Waals surface area contributed by atoms with Gasteiger partial charge in [-0.15, -0.1) is 0 Å². The Morgan fingerprint density at radius 1 is 1.20 bits per heavy atom. The fourth-order valence-electron chi connectivity index (χ4n) is 7.22. The van der Waals surface area contributed by atoms with Crippen molar-refractivity contribution in [2.75, 3.05) is 18.4 Å². The number of anilines is 1. The van der Waals surface area contributed by atoms with Crippen molar-refractivity contribution in [2.45, 2.75) is 52.3 Å². The average molecular weight is 560 g/mol. The van der Waals surface area contributed by atoms with E-state index in [4.69, 9.17) is 4.98 Å². The molecule has 212 valence electrons. The van der Waals surface area contributed by atoms with Crippen LogP contribution in [0.15, 0.2) is 55.0 Å². The summed E-state index contributed by atoms with van der Waals surface area (Å²) in [4.78, 5) is 24.3. The molecular weight excluding hydrogens is 527 g/mol. The molecule has 1 N–H and O–H groups in total. The number of fused-ring (bicyclic) bond motifs is 3. The van der Waals surface area contributed by atoms with E-state index in [-0.39, 0.29) is 11.0 Å². The maximum atomic E-state index is 13.6. The van der Waals surface area contributed by atoms with Gasteiger partial charge in [0.1, 0.15) is 12.1 Å². The second-order valence-electron chi connectivity index (χ2n) is 12.0. The number of nitrogens with one attached hydrogen (secondary N) is 1. The van der Waals surface area contributed by atoms with Gasteiger partial charge < -0.3 is 10.2 Å². The summed E-state index contributed by atoms with van der Waals surface area (Å²) in [5.74, 6) is 2.16. The van der Waals surface area contributed by atoms with Crippen LogP contribution < -0.4 is 5.32 Å². The van der Waals surface area contributed by atoms with E-state index in [1.807, 2.05) is 22.3 Å². The first-order chi connectivity index (χ1) is 19.6. The SMILES string of the molecule is Cc1c([C@@H](C)Nc2nc3cncn3c3ccc(C4=CCN(C(=O)C56CC(C5)[C@@H]6C)CC4)cc23)cccc1C(F)(F)F. The molecule has 6 nitrogen and oxygen atoms in total. The summed E-state index contributed by atoms with van der Waals surface area (Å²) in [7, 11) is 0. The summed E-state index contributed by atoms with van der Waals surface area (Å²) in [5.41, 5.74) is 3.82. The lowest BCUT2D eigenvalue weighted by atomic mass is 9.37. The van der Waals surface area contributed by atoms with E-state index >= 15 is 0 Å². The van der Waals surface area contributed by atoms with Gasteiger partial charge in [0.2, 0.25) is 5.91 Å². The minimum atomic E-state index is -4.42. The van der Waals surface area contributed by atoms with Gasteiger partial charge in [0.25, 0.3) is 0 Å². The van der Waals surface area contributed by atoms with E-state index in [0.29, 0.717) is 41.9 Å². The van der Waals surface area contributed by atoms with Gasteiger partial charge in [-0.25, -0.2) is 9.97 Å². The van der Waals surface area contributed by atoms with Crippen LogP contribution in [0.4, 0.5) is 19.0 Å². The average Bonchev–Trinajstić information content (AvgIpc) is 3.40. The Labute approximate surface area is 236 Å². The molecular formula is C32H32F3N5O. The number of carbonyl (C=O) groups is 1. The lowest BCUT2D eigenvalue weighted by molar-refractivity contribution is -0.204. The molecule has 2 aromatic carbocycles. The fourth-order valence-corrected chi connectivity index (χ4v) is 7.22. The normalized spacial score (nSPS) is 24.5. The molecule has 3 heterocycles. The summed E-state index contributed by atoms with van der Waals surface area (Å²) < 4.78 is 42.7. The predicted molar refractivity (Wildman–Crippen MR) is 152 cm³/mol. The molecule has 0 unspecified atom stereocenters. The van der Waals surface area contributed by atoms with Crippen LogP contribution in [0.2, 0.25) is 0 Å². The molecule has 1 aliphatic heterocycles. The van der Waals surface area contributed by atoms with Crippen LogP contribution >= 0.6 is 0 Å². The minimum Gasteiger partial charge on any atom is -0.363 e. The van der Waals surface area contributed by atoms with E-state index in [9.17, 15) is 18.0 Å². The minimum absolute atomic E-state index is 0.101. The Morgan fingerprint density at radius 3 is 2.66 bits per heavy atom. The second kappa shape index (κ2) is 9.06. The molecule has 4 aliphatic rings. The zero-order valence-corrected chi connectivity index (χ0v) is 23.3. The Bertz CT molecular complexity index is 1730. The van der Waals surface area contributed by atoms with Crippen molar-refractivity contribution in [3.05, 3.63) is 77.3 Å². The summed E-state index contributed by atoms with van der Waals surface area (Å²) in [5, 5.41) is 4.25. The maximum absolute atomic E-state index is 13.6. The van der Waals surface area contributed by atoms with Crippen LogP contribution in [0.3, 0.4) is 0 Å². The molecule has 3 aliphatic carbocycles. The molecule has 8 rings (SSSR count). The number of hydrogen-bond donors (Lipinski definition) is 1. The zero-order chi connectivity index (χ0) is 28.7. The lowest BCUT2D eigenvalue weighted by Crippen LogP contribution is -2.67. The van der Waals surface area contributed by atoms with Gasteiger partial charge in [-0.2, -0.15) is 13.2 Å². The van der Waals surface area contributed by atoms with Crippen LogP contribution in [0.25, 0.3) is 22.1 Å². The van der Waals surface area contributed by atoms with Gasteiger partial charge in [0.05, 0.1) is 28.7 Å². The third-order valence-electron chi connectivity index (χ3n) is 9.98. The van der Waals surface area contributed by atoms with Crippen LogP contribution in [0, 0.1) is 24.2 Å². The molecule has 0 saturated heterocycles. The number of aromatic nitrogens is 3. The summed E-state index contributed by atoms with van der Waals surface area (Å²) in [6, 6.07) is 10.1. The van der Waals surface area contributed by atoms with Gasteiger partial charge in [-0.05, 0) is 85.4 Å². The number of hydrogen-bond acceptors (Lipinski definition) is 4. The van der Waals surface area contributed by atoms with Crippen molar-refractivity contribution in [1.29, 1.82) is 0 Å². The highest BCUT2D eigenvalue weighted by molar-refractivity contribution is 5.94. The van der Waals surface area contributed by atoms with Gasteiger partial charge in [-0.3, -0.25) is 9.20 Å². The molecule has 1 amide bonds. The number of rotatable bonds is 5. The van der Waals surface area contributed by atoms with Crippen molar-refractivity contribution < 1.29 is 18.0 Å². The van der Waals surface area contributed by atoms with Crippen LogP contribution in [0.5, 0.6) is 0 Å². The zero-order valence-electron chi connectivity index (χ0n) is 23.3. The molecule has 0 radical (unpaired) electrons. The first-order valence-corrected chi connectivity index (χ1v) is 14.2. The van der Waals surface area contributed by atoms with E-state index in [2.05, 4.69) is 35.4 Å². The number of imidazole rings is 1. The summed E-state index contributed by atoms with van der Waals surface area (Å²) in [6.45, 7) is 6.89. The first kappa shape index (κ1) is 26.0. The smallest absolute Gasteiger partial charge is 0.363 e. The Morgan fingerprint density at radius 2 is 2.00 bits per heavy atom. The molecule has 41 heavy (non-hydrogen) atoms. The van der Waals surface area contributed by atoms with Gasteiger partial charge >= 0.3 is 6.18 Å². The van der Waals surface area contributed by atoms with Crippen LogP contribution in [-0.4, -0.2) is 38.3 Å². The number of halogens is 3. The number of alkyl halides is 3. The molecule has 9 heteroatoms. The number of amides is 1. The standard InChI is InChI=1S/C32H32F3N5O/c1-18-24(5-4-6-26(18)32(33,34)35)20(3)37-29-25-13-22(7-8-27(25)40-17-36-16-28(40)38-29)21-9-11-39(12-10-21)30(41)31-14-23(15-31)19(31)2/h4-9,13,16-17,19-20,23H,10-12,14-15H2,1-3H3,(H,37,38)/t19-,20+,23?,31?/m0/s1. The van der Waals surface area contributed by atoms with E-state index in [1.165, 1.54) is 18.6 Å². The number of benzene rings is 2. The molecule has 3 saturated carbocycles. The van der Waals surface area contributed by atoms with Crippen molar-refractivity contribution >= 4 is 33.8 Å². The van der Waals surface area contributed by atoms with Gasteiger partial charge in [0.15, 0.2) is 5.65 Å². The number of nitrogens with zero attached hydrogens (tertiary/aromatic N) is 4. The Kier molecular flexibility index (Phi) is 5.76. The molecule has 2 bridgehead atoms. The fraction of sp³-hybridized carbons (Fsp3) is 0.406.